The van der Waals surface area contributed by atoms with E-state index >= 15 is 0 Å². The van der Waals surface area contributed by atoms with Gasteiger partial charge in [-0.2, -0.15) is 0 Å². The van der Waals surface area contributed by atoms with Gasteiger partial charge in [0.2, 0.25) is 0 Å². The Kier molecular flexibility index (Phi) is 4.61. The Morgan fingerprint density at radius 2 is 1.96 bits per heavy atom. The summed E-state index contributed by atoms with van der Waals surface area (Å²) >= 11 is 6.16. The molecule has 4 rings (SSSR count). The molecule has 1 saturated heterocycles. The molecule has 1 aliphatic heterocycles. The molecule has 2 aromatic heterocycles. The highest BCUT2D eigenvalue weighted by molar-refractivity contribution is 6.31. The average Bonchev–Trinajstić information content (AvgIpc) is 2.87. The van der Waals surface area contributed by atoms with Crippen molar-refractivity contribution in [3.05, 3.63) is 47.2 Å². The first kappa shape index (κ1) is 17.3. The van der Waals surface area contributed by atoms with Gasteiger partial charge in [0, 0.05) is 48.0 Å². The Balaban J connectivity index is 1.67. The molecule has 0 radical (unpaired) electrons. The smallest absolute Gasteiger partial charge is 0.0738 e. The van der Waals surface area contributed by atoms with E-state index in [1.807, 2.05) is 37.6 Å². The van der Waals surface area contributed by atoms with Crippen molar-refractivity contribution in [2.45, 2.75) is 25.4 Å². The summed E-state index contributed by atoms with van der Waals surface area (Å²) in [5.74, 6) is 0. The highest BCUT2D eigenvalue weighted by Gasteiger charge is 2.18. The minimum Gasteiger partial charge on any atom is -0.396 e. The van der Waals surface area contributed by atoms with Gasteiger partial charge in [-0.25, -0.2) is 0 Å². The predicted octanol–water partition coefficient (Wildman–Crippen LogP) is 3.40. The summed E-state index contributed by atoms with van der Waals surface area (Å²) in [5, 5.41) is 1.72. The SMILES string of the molecule is Cn1c(-c2cncc(CN3CCC(N)CC3)c2)c(N)c2ccc(Cl)cc21. The van der Waals surface area contributed by atoms with Crippen LogP contribution in [0.3, 0.4) is 0 Å². The number of aryl methyl sites for hydroxylation is 1. The quantitative estimate of drug-likeness (QED) is 0.742. The zero-order valence-corrected chi connectivity index (χ0v) is 15.7. The van der Waals surface area contributed by atoms with Crippen LogP contribution in [-0.2, 0) is 13.6 Å². The van der Waals surface area contributed by atoms with E-state index in [4.69, 9.17) is 23.1 Å². The molecule has 6 heteroatoms. The molecule has 0 amide bonds. The van der Waals surface area contributed by atoms with E-state index in [1.165, 1.54) is 5.56 Å². The number of halogens is 1. The number of aromatic nitrogens is 2. The molecule has 3 aromatic rings. The van der Waals surface area contributed by atoms with Gasteiger partial charge in [-0.3, -0.25) is 9.88 Å². The van der Waals surface area contributed by atoms with E-state index in [0.29, 0.717) is 11.1 Å². The lowest BCUT2D eigenvalue weighted by Crippen LogP contribution is -2.39. The number of anilines is 1. The number of hydrogen-bond donors (Lipinski definition) is 2. The summed E-state index contributed by atoms with van der Waals surface area (Å²) < 4.78 is 2.09. The summed E-state index contributed by atoms with van der Waals surface area (Å²) in [6.45, 7) is 2.98. The van der Waals surface area contributed by atoms with Gasteiger partial charge < -0.3 is 16.0 Å². The molecule has 4 N–H and O–H groups in total. The highest BCUT2D eigenvalue weighted by atomic mass is 35.5. The van der Waals surface area contributed by atoms with Gasteiger partial charge in [-0.05, 0) is 55.8 Å². The van der Waals surface area contributed by atoms with Crippen molar-refractivity contribution >= 4 is 28.2 Å². The van der Waals surface area contributed by atoms with Crippen molar-refractivity contribution in [3.8, 4) is 11.3 Å². The van der Waals surface area contributed by atoms with E-state index in [2.05, 4.69) is 20.5 Å². The normalized spacial score (nSPS) is 16.4. The molecular weight excluding hydrogens is 346 g/mol. The molecule has 1 fully saturated rings. The Bertz CT molecular complexity index is 941. The van der Waals surface area contributed by atoms with Gasteiger partial charge in [-0.1, -0.05) is 11.6 Å². The maximum Gasteiger partial charge on any atom is 0.0738 e. The maximum atomic E-state index is 6.46. The molecule has 0 spiro atoms. The van der Waals surface area contributed by atoms with Crippen LogP contribution in [0.25, 0.3) is 22.2 Å². The summed E-state index contributed by atoms with van der Waals surface area (Å²) in [6, 6.07) is 8.33. The van der Waals surface area contributed by atoms with Crippen LogP contribution in [0.2, 0.25) is 5.02 Å². The average molecular weight is 370 g/mol. The Morgan fingerprint density at radius 1 is 1.19 bits per heavy atom. The molecular formula is C20H24ClN5. The third kappa shape index (κ3) is 3.18. The van der Waals surface area contributed by atoms with Crippen molar-refractivity contribution in [3.63, 3.8) is 0 Å². The number of benzene rings is 1. The van der Waals surface area contributed by atoms with E-state index in [9.17, 15) is 0 Å². The molecule has 0 unspecified atom stereocenters. The molecule has 0 saturated carbocycles. The Morgan fingerprint density at radius 3 is 2.73 bits per heavy atom. The second-order valence-electron chi connectivity index (χ2n) is 7.18. The number of rotatable bonds is 3. The third-order valence-corrected chi connectivity index (χ3v) is 5.54. The number of piperidine rings is 1. The number of likely N-dealkylation sites (tertiary alicyclic amines) is 1. The molecule has 1 aliphatic rings. The summed E-state index contributed by atoms with van der Waals surface area (Å²) in [7, 11) is 2.02. The van der Waals surface area contributed by atoms with Crippen LogP contribution in [-0.4, -0.2) is 33.6 Å². The zero-order valence-electron chi connectivity index (χ0n) is 15.0. The number of fused-ring (bicyclic) bond motifs is 1. The van der Waals surface area contributed by atoms with E-state index < -0.39 is 0 Å². The van der Waals surface area contributed by atoms with Crippen LogP contribution in [0, 0.1) is 0 Å². The van der Waals surface area contributed by atoms with Crippen molar-refractivity contribution in [2.75, 3.05) is 18.8 Å². The van der Waals surface area contributed by atoms with E-state index in [0.717, 1.165) is 60.3 Å². The third-order valence-electron chi connectivity index (χ3n) is 5.31. The van der Waals surface area contributed by atoms with Crippen molar-refractivity contribution in [1.82, 2.24) is 14.5 Å². The van der Waals surface area contributed by atoms with Crippen molar-refractivity contribution < 1.29 is 0 Å². The van der Waals surface area contributed by atoms with Crippen LogP contribution in [0.1, 0.15) is 18.4 Å². The molecule has 136 valence electrons. The first-order valence-electron chi connectivity index (χ1n) is 8.98. The molecule has 1 aromatic carbocycles. The van der Waals surface area contributed by atoms with Crippen LogP contribution < -0.4 is 11.5 Å². The van der Waals surface area contributed by atoms with Gasteiger partial charge in [0.1, 0.15) is 0 Å². The predicted molar refractivity (Wildman–Crippen MR) is 108 cm³/mol. The van der Waals surface area contributed by atoms with Gasteiger partial charge in [0.25, 0.3) is 0 Å². The van der Waals surface area contributed by atoms with Crippen LogP contribution in [0.4, 0.5) is 5.69 Å². The number of nitrogen functional groups attached to an aromatic ring is 1. The highest BCUT2D eigenvalue weighted by Crippen LogP contribution is 2.36. The number of nitrogens with two attached hydrogens (primary N) is 2. The maximum absolute atomic E-state index is 6.46. The summed E-state index contributed by atoms with van der Waals surface area (Å²) in [5.41, 5.74) is 17.5. The molecule has 0 aliphatic carbocycles. The lowest BCUT2D eigenvalue weighted by Gasteiger charge is -2.30. The minimum absolute atomic E-state index is 0.345. The van der Waals surface area contributed by atoms with Gasteiger partial charge in [0.15, 0.2) is 0 Å². The molecule has 3 heterocycles. The fourth-order valence-electron chi connectivity index (χ4n) is 3.86. The van der Waals surface area contributed by atoms with E-state index in [-0.39, 0.29) is 0 Å². The minimum atomic E-state index is 0.345. The number of pyridine rings is 1. The molecule has 0 atom stereocenters. The lowest BCUT2D eigenvalue weighted by atomic mass is 10.0. The number of nitrogens with zero attached hydrogens (tertiary/aromatic N) is 3. The zero-order chi connectivity index (χ0) is 18.3. The molecule has 0 bridgehead atoms. The van der Waals surface area contributed by atoms with Crippen LogP contribution in [0.15, 0.2) is 36.7 Å². The molecule has 5 nitrogen and oxygen atoms in total. The first-order valence-corrected chi connectivity index (χ1v) is 9.36. The van der Waals surface area contributed by atoms with Gasteiger partial charge >= 0.3 is 0 Å². The topological polar surface area (TPSA) is 73.1 Å². The lowest BCUT2D eigenvalue weighted by molar-refractivity contribution is 0.205. The van der Waals surface area contributed by atoms with Crippen molar-refractivity contribution in [1.29, 1.82) is 0 Å². The molecule has 26 heavy (non-hydrogen) atoms. The first-order chi connectivity index (χ1) is 12.5. The summed E-state index contributed by atoms with van der Waals surface area (Å²) in [6.07, 6.45) is 5.93. The second kappa shape index (κ2) is 6.91. The fourth-order valence-corrected chi connectivity index (χ4v) is 4.03. The van der Waals surface area contributed by atoms with Gasteiger partial charge in [0.05, 0.1) is 16.9 Å². The van der Waals surface area contributed by atoms with Crippen molar-refractivity contribution in [2.24, 2.45) is 12.8 Å². The van der Waals surface area contributed by atoms with E-state index in [1.54, 1.807) is 0 Å². The Hall–Kier alpha value is -2.08. The monoisotopic (exact) mass is 369 g/mol. The fraction of sp³-hybridized carbons (Fsp3) is 0.350. The standard InChI is InChI=1S/C20H24ClN5/c1-25-18-9-15(21)2-3-17(18)19(23)20(25)14-8-13(10-24-11-14)12-26-6-4-16(22)5-7-26/h2-3,8-11,16H,4-7,12,22-23H2,1H3. The Labute approximate surface area is 158 Å². The van der Waals surface area contributed by atoms with Crippen LogP contribution in [0.5, 0.6) is 0 Å². The summed E-state index contributed by atoms with van der Waals surface area (Å²) in [4.78, 5) is 6.90. The largest absolute Gasteiger partial charge is 0.396 e. The number of hydrogen-bond acceptors (Lipinski definition) is 4. The van der Waals surface area contributed by atoms with Crippen LogP contribution >= 0.6 is 11.6 Å². The second-order valence-corrected chi connectivity index (χ2v) is 7.61. The van der Waals surface area contributed by atoms with Gasteiger partial charge in [-0.15, -0.1) is 0 Å².